The second-order valence-corrected chi connectivity index (χ2v) is 16.6. The zero-order valence-corrected chi connectivity index (χ0v) is 25.7. The summed E-state index contributed by atoms with van der Waals surface area (Å²) in [7, 11) is -2.12. The zero-order valence-electron chi connectivity index (χ0n) is 24.7. The van der Waals surface area contributed by atoms with Crippen molar-refractivity contribution >= 4 is 20.1 Å². The fourth-order valence-corrected chi connectivity index (χ4v) is 7.61. The predicted molar refractivity (Wildman–Crippen MR) is 158 cm³/mol. The quantitative estimate of drug-likeness (QED) is 0.237. The third-order valence-electron chi connectivity index (χ3n) is 7.45. The van der Waals surface area contributed by atoms with Crippen molar-refractivity contribution in [2.75, 3.05) is 5.73 Å². The van der Waals surface area contributed by atoms with E-state index in [4.69, 9.17) is 14.9 Å². The molecule has 4 unspecified atom stereocenters. The zero-order chi connectivity index (χ0) is 28.0. The average Bonchev–Trinajstić information content (AvgIpc) is 2.82. The Balaban J connectivity index is 2.54. The maximum atomic E-state index is 13.8. The number of nitrogen functional groups attached to an aromatic ring is 1. The molecule has 1 amide bonds. The lowest BCUT2D eigenvalue weighted by Crippen LogP contribution is -2.53. The molecule has 0 aliphatic carbocycles. The van der Waals surface area contributed by atoms with E-state index in [1.165, 1.54) is 0 Å². The Kier molecular flexibility index (Phi) is 10.8. The Morgan fingerprint density at radius 3 is 2.03 bits per heavy atom. The summed E-state index contributed by atoms with van der Waals surface area (Å²) in [6, 6.07) is 18.0. The SMILES string of the molecule is CCC(Cc1ccc(N)cc1)N(C(=O)OC(C)(C)C)C(C)C(O[Si](C)(C)C(C)C(C)C)c1ccccc1. The Morgan fingerprint density at radius 1 is 0.973 bits per heavy atom. The minimum absolute atomic E-state index is 0.0596. The summed E-state index contributed by atoms with van der Waals surface area (Å²) < 4.78 is 13.1. The summed E-state index contributed by atoms with van der Waals surface area (Å²) in [5, 5.41) is 0. The van der Waals surface area contributed by atoms with Gasteiger partial charge in [0.1, 0.15) is 5.60 Å². The number of hydrogen-bond donors (Lipinski definition) is 1. The summed E-state index contributed by atoms with van der Waals surface area (Å²) in [6.07, 6.45) is 0.935. The van der Waals surface area contributed by atoms with E-state index in [1.807, 2.05) is 68.1 Å². The van der Waals surface area contributed by atoms with Crippen LogP contribution in [0.25, 0.3) is 0 Å². The molecule has 0 heterocycles. The highest BCUT2D eigenvalue weighted by Gasteiger charge is 2.41. The van der Waals surface area contributed by atoms with Crippen molar-refractivity contribution in [1.29, 1.82) is 0 Å². The van der Waals surface area contributed by atoms with Crippen LogP contribution >= 0.6 is 0 Å². The van der Waals surface area contributed by atoms with E-state index in [0.29, 0.717) is 17.9 Å². The molecule has 0 bridgehead atoms. The molecule has 6 heteroatoms. The number of benzene rings is 2. The summed E-state index contributed by atoms with van der Waals surface area (Å²) in [4.78, 5) is 15.8. The van der Waals surface area contributed by atoms with Gasteiger partial charge in [0.2, 0.25) is 0 Å². The minimum atomic E-state index is -2.12. The number of amides is 1. The first-order valence-electron chi connectivity index (χ1n) is 13.7. The van der Waals surface area contributed by atoms with Crippen molar-refractivity contribution in [2.24, 2.45) is 5.92 Å². The fraction of sp³-hybridized carbons (Fsp3) is 0.581. The van der Waals surface area contributed by atoms with Gasteiger partial charge in [0.25, 0.3) is 0 Å². The molecule has 37 heavy (non-hydrogen) atoms. The molecule has 5 nitrogen and oxygen atoms in total. The molecule has 0 aliphatic rings. The van der Waals surface area contributed by atoms with Crippen LogP contribution in [0.2, 0.25) is 18.6 Å². The summed E-state index contributed by atoms with van der Waals surface area (Å²) in [6.45, 7) is 21.4. The first kappa shape index (κ1) is 30.9. The average molecular weight is 527 g/mol. The van der Waals surface area contributed by atoms with E-state index in [0.717, 1.165) is 23.2 Å². The molecule has 0 aromatic heterocycles. The number of carbonyl (C=O) groups excluding carboxylic acids is 1. The monoisotopic (exact) mass is 526 g/mol. The van der Waals surface area contributed by atoms with Crippen LogP contribution < -0.4 is 5.73 Å². The van der Waals surface area contributed by atoms with Gasteiger partial charge in [0, 0.05) is 11.7 Å². The number of carbonyl (C=O) groups is 1. The van der Waals surface area contributed by atoms with Gasteiger partial charge in [-0.3, -0.25) is 4.90 Å². The Bertz CT molecular complexity index is 970. The van der Waals surface area contributed by atoms with Crippen molar-refractivity contribution in [1.82, 2.24) is 4.90 Å². The van der Waals surface area contributed by atoms with Gasteiger partial charge in [-0.2, -0.15) is 0 Å². The van der Waals surface area contributed by atoms with Crippen LogP contribution in [0.1, 0.15) is 79.0 Å². The predicted octanol–water partition coefficient (Wildman–Crippen LogP) is 8.22. The number of rotatable bonds is 11. The molecule has 0 fully saturated rings. The van der Waals surface area contributed by atoms with Crippen molar-refractivity contribution in [3.63, 3.8) is 0 Å². The van der Waals surface area contributed by atoms with E-state index in [9.17, 15) is 4.79 Å². The molecule has 0 saturated heterocycles. The third-order valence-corrected chi connectivity index (χ3v) is 11.2. The van der Waals surface area contributed by atoms with Crippen LogP contribution in [0.4, 0.5) is 10.5 Å². The lowest BCUT2D eigenvalue weighted by atomic mass is 9.97. The fourth-order valence-electron chi connectivity index (χ4n) is 4.80. The highest BCUT2D eigenvalue weighted by atomic mass is 28.4. The van der Waals surface area contributed by atoms with E-state index < -0.39 is 13.9 Å². The van der Waals surface area contributed by atoms with E-state index >= 15 is 0 Å². The Hall–Kier alpha value is -2.31. The number of ether oxygens (including phenoxy) is 1. The van der Waals surface area contributed by atoms with Crippen molar-refractivity contribution < 1.29 is 14.0 Å². The molecule has 206 valence electrons. The van der Waals surface area contributed by atoms with Crippen LogP contribution in [0.5, 0.6) is 0 Å². The van der Waals surface area contributed by atoms with Crippen LogP contribution in [0, 0.1) is 5.92 Å². The van der Waals surface area contributed by atoms with Gasteiger partial charge in [-0.1, -0.05) is 70.2 Å². The number of hydrogen-bond acceptors (Lipinski definition) is 4. The highest BCUT2D eigenvalue weighted by Crippen LogP contribution is 2.38. The largest absolute Gasteiger partial charge is 0.444 e. The van der Waals surface area contributed by atoms with Crippen molar-refractivity contribution in [3.05, 3.63) is 65.7 Å². The van der Waals surface area contributed by atoms with E-state index in [1.54, 1.807) is 0 Å². The van der Waals surface area contributed by atoms with Crippen molar-refractivity contribution in [3.8, 4) is 0 Å². The molecule has 0 spiro atoms. The first-order valence-corrected chi connectivity index (χ1v) is 16.7. The van der Waals surface area contributed by atoms with Gasteiger partial charge in [0.15, 0.2) is 8.32 Å². The molecule has 2 aromatic carbocycles. The molecule has 2 aromatic rings. The van der Waals surface area contributed by atoms with Gasteiger partial charge in [-0.05, 0) is 88.3 Å². The number of nitrogens with two attached hydrogens (primary N) is 1. The van der Waals surface area contributed by atoms with Gasteiger partial charge in [-0.15, -0.1) is 0 Å². The normalized spacial score (nSPS) is 15.6. The molecule has 2 N–H and O–H groups in total. The number of nitrogens with zero attached hydrogens (tertiary/aromatic N) is 1. The maximum absolute atomic E-state index is 13.8. The highest BCUT2D eigenvalue weighted by molar-refractivity contribution is 6.72. The molecular weight excluding hydrogens is 476 g/mol. The van der Waals surface area contributed by atoms with Gasteiger partial charge in [0.05, 0.1) is 12.1 Å². The molecule has 0 aliphatic heterocycles. The number of anilines is 1. The van der Waals surface area contributed by atoms with Gasteiger partial charge < -0.3 is 14.9 Å². The van der Waals surface area contributed by atoms with Crippen LogP contribution in [-0.2, 0) is 15.6 Å². The standard InChI is InChI=1S/C31H50N2O3Si/c1-11-28(21-25-17-19-27(32)20-18-25)33(30(34)35-31(6,7)8)23(4)29(26-15-13-12-14-16-26)36-37(9,10)24(5)22(2)3/h12-20,22-24,28-29H,11,21,32H2,1-10H3. The third kappa shape index (κ3) is 8.89. The van der Waals surface area contributed by atoms with E-state index in [2.05, 4.69) is 59.8 Å². The van der Waals surface area contributed by atoms with Crippen molar-refractivity contribution in [2.45, 2.75) is 111 Å². The van der Waals surface area contributed by atoms with Crippen LogP contribution in [-0.4, -0.2) is 37.0 Å². The molecule has 0 saturated carbocycles. The first-order chi connectivity index (χ1) is 17.2. The lowest BCUT2D eigenvalue weighted by molar-refractivity contribution is -0.0143. The van der Waals surface area contributed by atoms with E-state index in [-0.39, 0.29) is 24.3 Å². The van der Waals surface area contributed by atoms with Gasteiger partial charge in [-0.25, -0.2) is 4.79 Å². The minimum Gasteiger partial charge on any atom is -0.444 e. The molecular formula is C31H50N2O3Si. The molecule has 0 radical (unpaired) electrons. The second-order valence-electron chi connectivity index (χ2n) is 12.2. The maximum Gasteiger partial charge on any atom is 0.410 e. The summed E-state index contributed by atoms with van der Waals surface area (Å²) in [5.74, 6) is 0.518. The lowest BCUT2D eigenvalue weighted by Gasteiger charge is -2.44. The van der Waals surface area contributed by atoms with Crippen LogP contribution in [0.15, 0.2) is 54.6 Å². The Labute approximate surface area is 226 Å². The second kappa shape index (κ2) is 13.0. The molecule has 4 atom stereocenters. The summed E-state index contributed by atoms with van der Waals surface area (Å²) in [5.41, 5.74) is 8.74. The summed E-state index contributed by atoms with van der Waals surface area (Å²) >= 11 is 0. The smallest absolute Gasteiger partial charge is 0.410 e. The Morgan fingerprint density at radius 2 is 1.54 bits per heavy atom. The van der Waals surface area contributed by atoms with Gasteiger partial charge >= 0.3 is 6.09 Å². The topological polar surface area (TPSA) is 64.8 Å². The molecule has 2 rings (SSSR count). The van der Waals surface area contributed by atoms with Crippen LogP contribution in [0.3, 0.4) is 0 Å².